The van der Waals surface area contributed by atoms with E-state index in [1.165, 1.54) is 4.90 Å². The zero-order valence-corrected chi connectivity index (χ0v) is 11.1. The molecule has 104 valence electrons. The van der Waals surface area contributed by atoms with Crippen LogP contribution in [0.4, 0.5) is 4.79 Å². The van der Waals surface area contributed by atoms with Gasteiger partial charge in [0, 0.05) is 26.1 Å². The fourth-order valence-corrected chi connectivity index (χ4v) is 3.58. The second-order valence-corrected chi connectivity index (χ2v) is 6.63. The molecule has 2 N–H and O–H groups in total. The Kier molecular flexibility index (Phi) is 4.94. The lowest BCUT2D eigenvalue weighted by Crippen LogP contribution is -2.44. The lowest BCUT2D eigenvalue weighted by molar-refractivity contribution is -0.137. The Morgan fingerprint density at radius 3 is 2.61 bits per heavy atom. The van der Waals surface area contributed by atoms with Crippen molar-refractivity contribution in [3.63, 3.8) is 0 Å². The molecule has 0 spiro atoms. The summed E-state index contributed by atoms with van der Waals surface area (Å²) in [6.07, 6.45) is 0.820. The highest BCUT2D eigenvalue weighted by atomic mass is 32.2. The predicted molar refractivity (Wildman–Crippen MR) is 65.1 cm³/mol. The van der Waals surface area contributed by atoms with Gasteiger partial charge >= 0.3 is 12.0 Å². The number of carboxylic acid groups (broad SMARTS) is 1. The molecule has 1 atom stereocenters. The Hall–Kier alpha value is -1.31. The minimum absolute atomic E-state index is 0.00179. The maximum atomic E-state index is 11.7. The Morgan fingerprint density at radius 1 is 1.44 bits per heavy atom. The fraction of sp³-hybridized carbons (Fsp3) is 0.800. The lowest BCUT2D eigenvalue weighted by atomic mass is 10.2. The first-order chi connectivity index (χ1) is 8.32. The first-order valence-corrected chi connectivity index (χ1v) is 7.57. The largest absolute Gasteiger partial charge is 0.481 e. The molecule has 1 heterocycles. The van der Waals surface area contributed by atoms with Gasteiger partial charge in [0.15, 0.2) is 9.84 Å². The van der Waals surface area contributed by atoms with Gasteiger partial charge in [-0.3, -0.25) is 4.79 Å². The number of rotatable bonds is 5. The molecule has 0 aliphatic carbocycles. The smallest absolute Gasteiger partial charge is 0.317 e. The third kappa shape index (κ3) is 4.52. The van der Waals surface area contributed by atoms with Crippen LogP contribution in [0.1, 0.15) is 19.3 Å². The number of aliphatic carboxylic acids is 1. The van der Waals surface area contributed by atoms with E-state index in [1.54, 1.807) is 7.05 Å². The summed E-state index contributed by atoms with van der Waals surface area (Å²) in [5, 5.41) is 11.0. The van der Waals surface area contributed by atoms with E-state index in [2.05, 4.69) is 5.32 Å². The Bertz CT molecular complexity index is 420. The van der Waals surface area contributed by atoms with Crippen LogP contribution in [-0.2, 0) is 14.6 Å². The van der Waals surface area contributed by atoms with Crippen LogP contribution in [0.5, 0.6) is 0 Å². The first kappa shape index (κ1) is 14.7. The fourth-order valence-electron chi connectivity index (χ4n) is 1.81. The molecule has 1 saturated heterocycles. The van der Waals surface area contributed by atoms with Gasteiger partial charge in [0.2, 0.25) is 0 Å². The number of carbonyl (C=O) groups is 2. The van der Waals surface area contributed by atoms with Crippen LogP contribution in [0, 0.1) is 0 Å². The third-order valence-corrected chi connectivity index (χ3v) is 4.67. The zero-order chi connectivity index (χ0) is 13.8. The maximum absolute atomic E-state index is 11.7. The normalized spacial score (nSPS) is 21.5. The molecule has 18 heavy (non-hydrogen) atoms. The van der Waals surface area contributed by atoms with Gasteiger partial charge < -0.3 is 15.3 Å². The van der Waals surface area contributed by atoms with Crippen LogP contribution >= 0.6 is 0 Å². The van der Waals surface area contributed by atoms with Gasteiger partial charge in [-0.25, -0.2) is 13.2 Å². The van der Waals surface area contributed by atoms with Crippen LogP contribution in [0.25, 0.3) is 0 Å². The number of urea groups is 1. The van der Waals surface area contributed by atoms with Gasteiger partial charge in [0.25, 0.3) is 0 Å². The minimum atomic E-state index is -3.01. The molecule has 0 aromatic carbocycles. The van der Waals surface area contributed by atoms with Crippen LogP contribution in [0.2, 0.25) is 0 Å². The van der Waals surface area contributed by atoms with E-state index in [0.29, 0.717) is 12.8 Å². The molecule has 8 heteroatoms. The van der Waals surface area contributed by atoms with E-state index in [4.69, 9.17) is 5.11 Å². The summed E-state index contributed by atoms with van der Waals surface area (Å²) in [4.78, 5) is 23.3. The summed E-state index contributed by atoms with van der Waals surface area (Å²) in [5.41, 5.74) is 0. The molecule has 1 unspecified atom stereocenters. The summed E-state index contributed by atoms with van der Waals surface area (Å²) < 4.78 is 22.6. The number of hydrogen-bond acceptors (Lipinski definition) is 4. The van der Waals surface area contributed by atoms with Crippen LogP contribution in [0.3, 0.4) is 0 Å². The standard InChI is InChI=1S/C10H18N2O5S/c1-12(8-4-6-18(16,17)7-8)10(15)11-5-2-3-9(13)14/h8H,2-7H2,1H3,(H,11,15)(H,13,14). The highest BCUT2D eigenvalue weighted by Gasteiger charge is 2.32. The molecular weight excluding hydrogens is 260 g/mol. The van der Waals surface area contributed by atoms with Crippen molar-refractivity contribution in [1.82, 2.24) is 10.2 Å². The van der Waals surface area contributed by atoms with E-state index in [1.807, 2.05) is 0 Å². The Labute approximate surface area is 106 Å². The first-order valence-electron chi connectivity index (χ1n) is 5.75. The second-order valence-electron chi connectivity index (χ2n) is 4.40. The number of hydrogen-bond donors (Lipinski definition) is 2. The SMILES string of the molecule is CN(C(=O)NCCCC(=O)O)C1CCS(=O)(=O)C1. The molecule has 2 amide bonds. The average molecular weight is 278 g/mol. The summed E-state index contributed by atoms with van der Waals surface area (Å²) in [5.74, 6) is -0.778. The van der Waals surface area contributed by atoms with Crippen LogP contribution in [-0.4, -0.2) is 61.6 Å². The molecule has 0 saturated carbocycles. The van der Waals surface area contributed by atoms with Crippen molar-refractivity contribution in [3.05, 3.63) is 0 Å². The summed E-state index contributed by atoms with van der Waals surface area (Å²) in [6, 6.07) is -0.642. The van der Waals surface area contributed by atoms with Crippen molar-refractivity contribution in [2.24, 2.45) is 0 Å². The molecule has 0 radical (unpaired) electrons. The number of amides is 2. The molecule has 1 rings (SSSR count). The van der Waals surface area contributed by atoms with Crippen LogP contribution in [0.15, 0.2) is 0 Å². The third-order valence-electron chi connectivity index (χ3n) is 2.92. The second kappa shape index (κ2) is 6.03. The van der Waals surface area contributed by atoms with Crippen molar-refractivity contribution in [2.45, 2.75) is 25.3 Å². The van der Waals surface area contributed by atoms with Crippen molar-refractivity contribution in [2.75, 3.05) is 25.1 Å². The quantitative estimate of drug-likeness (QED) is 0.671. The lowest BCUT2D eigenvalue weighted by Gasteiger charge is -2.23. The van der Waals surface area contributed by atoms with Gasteiger partial charge in [-0.15, -0.1) is 0 Å². The minimum Gasteiger partial charge on any atom is -0.481 e. The van der Waals surface area contributed by atoms with E-state index in [-0.39, 0.29) is 36.5 Å². The monoisotopic (exact) mass is 278 g/mol. The predicted octanol–water partition coefficient (Wildman–Crippen LogP) is -0.320. The van der Waals surface area contributed by atoms with Crippen molar-refractivity contribution < 1.29 is 23.1 Å². The van der Waals surface area contributed by atoms with Crippen molar-refractivity contribution in [3.8, 4) is 0 Å². The number of nitrogens with one attached hydrogen (secondary N) is 1. The van der Waals surface area contributed by atoms with Gasteiger partial charge in [-0.2, -0.15) is 0 Å². The number of nitrogens with zero attached hydrogens (tertiary/aromatic N) is 1. The Morgan fingerprint density at radius 2 is 2.11 bits per heavy atom. The molecule has 0 aromatic heterocycles. The summed E-state index contributed by atoms with van der Waals surface area (Å²) in [7, 11) is -1.46. The summed E-state index contributed by atoms with van der Waals surface area (Å²) in [6.45, 7) is 0.273. The van der Waals surface area contributed by atoms with E-state index in [9.17, 15) is 18.0 Å². The van der Waals surface area contributed by atoms with Gasteiger partial charge in [-0.1, -0.05) is 0 Å². The van der Waals surface area contributed by atoms with E-state index < -0.39 is 15.8 Å². The zero-order valence-electron chi connectivity index (χ0n) is 10.3. The molecular formula is C10H18N2O5S. The van der Waals surface area contributed by atoms with Crippen molar-refractivity contribution in [1.29, 1.82) is 0 Å². The topological polar surface area (TPSA) is 104 Å². The molecule has 1 aliphatic rings. The highest BCUT2D eigenvalue weighted by molar-refractivity contribution is 7.91. The van der Waals surface area contributed by atoms with Gasteiger partial charge in [0.1, 0.15) is 0 Å². The molecule has 1 fully saturated rings. The summed E-state index contributed by atoms with van der Waals surface area (Å²) >= 11 is 0. The highest BCUT2D eigenvalue weighted by Crippen LogP contribution is 2.16. The molecule has 7 nitrogen and oxygen atoms in total. The Balaban J connectivity index is 2.31. The maximum Gasteiger partial charge on any atom is 0.317 e. The number of sulfone groups is 1. The number of carbonyl (C=O) groups excluding carboxylic acids is 1. The molecule has 0 aromatic rings. The average Bonchev–Trinajstić information content (AvgIpc) is 2.63. The van der Waals surface area contributed by atoms with Gasteiger partial charge in [-0.05, 0) is 12.8 Å². The number of carboxylic acids is 1. The van der Waals surface area contributed by atoms with E-state index >= 15 is 0 Å². The van der Waals surface area contributed by atoms with Crippen molar-refractivity contribution >= 4 is 21.8 Å². The van der Waals surface area contributed by atoms with Gasteiger partial charge in [0.05, 0.1) is 11.5 Å². The molecule has 0 bridgehead atoms. The molecule has 1 aliphatic heterocycles. The van der Waals surface area contributed by atoms with Crippen LogP contribution < -0.4 is 5.32 Å². The van der Waals surface area contributed by atoms with E-state index in [0.717, 1.165) is 0 Å².